The first-order valence-electron chi connectivity index (χ1n) is 4.94. The molecular formula is C13H9F3O. The largest absolute Gasteiger partial charge is 0.507 e. The number of phenolic OH excluding ortho intramolecular Hbond substituents is 1. The van der Waals surface area contributed by atoms with Crippen molar-refractivity contribution >= 4 is 0 Å². The molecule has 2 rings (SSSR count). The maximum absolute atomic E-state index is 13.8. The van der Waals surface area contributed by atoms with Crippen molar-refractivity contribution in [3.8, 4) is 16.9 Å². The van der Waals surface area contributed by atoms with Gasteiger partial charge in [0, 0.05) is 5.56 Å². The predicted octanol–water partition coefficient (Wildman–Crippen LogP) is 3.78. The average Bonchev–Trinajstić information content (AvgIpc) is 2.29. The molecule has 0 aliphatic heterocycles. The quantitative estimate of drug-likeness (QED) is 0.801. The van der Waals surface area contributed by atoms with Crippen molar-refractivity contribution in [3.05, 3.63) is 53.3 Å². The van der Waals surface area contributed by atoms with Crippen LogP contribution in [0.2, 0.25) is 0 Å². The maximum Gasteiger partial charge on any atom is 0.137 e. The fourth-order valence-electron chi connectivity index (χ4n) is 1.61. The smallest absolute Gasteiger partial charge is 0.137 e. The van der Waals surface area contributed by atoms with Crippen molar-refractivity contribution in [1.82, 2.24) is 0 Å². The molecule has 4 heteroatoms. The molecule has 0 heterocycles. The molecule has 0 unspecified atom stereocenters. The van der Waals surface area contributed by atoms with E-state index in [2.05, 4.69) is 0 Å². The van der Waals surface area contributed by atoms with Gasteiger partial charge in [0.25, 0.3) is 0 Å². The fraction of sp³-hybridized carbons (Fsp3) is 0.0769. The summed E-state index contributed by atoms with van der Waals surface area (Å²) in [6, 6.07) is 5.34. The molecule has 2 aromatic rings. The minimum Gasteiger partial charge on any atom is -0.507 e. The maximum atomic E-state index is 13.8. The van der Waals surface area contributed by atoms with E-state index in [1.54, 1.807) is 0 Å². The van der Waals surface area contributed by atoms with Crippen molar-refractivity contribution in [2.24, 2.45) is 0 Å². The fourth-order valence-corrected chi connectivity index (χ4v) is 1.61. The van der Waals surface area contributed by atoms with Gasteiger partial charge in [-0.1, -0.05) is 6.07 Å². The molecule has 0 aliphatic carbocycles. The first kappa shape index (κ1) is 11.5. The third-order valence-electron chi connectivity index (χ3n) is 2.51. The van der Waals surface area contributed by atoms with E-state index in [4.69, 9.17) is 0 Å². The highest BCUT2D eigenvalue weighted by Gasteiger charge is 2.17. The Balaban J connectivity index is 2.76. The van der Waals surface area contributed by atoms with Crippen molar-refractivity contribution in [2.45, 2.75) is 6.92 Å². The van der Waals surface area contributed by atoms with Gasteiger partial charge in [0.2, 0.25) is 0 Å². The van der Waals surface area contributed by atoms with Crippen molar-refractivity contribution in [2.75, 3.05) is 0 Å². The van der Waals surface area contributed by atoms with Gasteiger partial charge in [-0.15, -0.1) is 0 Å². The van der Waals surface area contributed by atoms with Crippen LogP contribution in [-0.2, 0) is 0 Å². The van der Waals surface area contributed by atoms with Gasteiger partial charge in [0.1, 0.15) is 23.2 Å². The number of hydrogen-bond acceptors (Lipinski definition) is 1. The number of hydrogen-bond donors (Lipinski definition) is 1. The van der Waals surface area contributed by atoms with Crippen LogP contribution in [-0.4, -0.2) is 5.11 Å². The minimum absolute atomic E-state index is 0.191. The van der Waals surface area contributed by atoms with Crippen LogP contribution < -0.4 is 0 Å². The van der Waals surface area contributed by atoms with Crippen molar-refractivity contribution < 1.29 is 18.3 Å². The van der Waals surface area contributed by atoms with E-state index in [0.29, 0.717) is 0 Å². The SMILES string of the molecule is Cc1ccc(F)c(-c2cc(F)ccc2O)c1F. The molecule has 0 radical (unpaired) electrons. The van der Waals surface area contributed by atoms with Gasteiger partial charge in [-0.05, 0) is 36.8 Å². The lowest BCUT2D eigenvalue weighted by atomic mass is 10.0. The summed E-state index contributed by atoms with van der Waals surface area (Å²) >= 11 is 0. The topological polar surface area (TPSA) is 20.2 Å². The van der Waals surface area contributed by atoms with Crippen LogP contribution in [0, 0.1) is 24.4 Å². The Bertz CT molecular complexity index is 579. The van der Waals surface area contributed by atoms with E-state index in [1.165, 1.54) is 13.0 Å². The summed E-state index contributed by atoms with van der Waals surface area (Å²) in [7, 11) is 0. The molecule has 0 atom stereocenters. The van der Waals surface area contributed by atoms with Gasteiger partial charge in [-0.25, -0.2) is 13.2 Å². The molecular weight excluding hydrogens is 229 g/mol. The molecule has 0 saturated heterocycles. The Morgan fingerprint density at radius 3 is 2.41 bits per heavy atom. The van der Waals surface area contributed by atoms with Crippen LogP contribution in [0.1, 0.15) is 5.56 Å². The van der Waals surface area contributed by atoms with Crippen LogP contribution >= 0.6 is 0 Å². The monoisotopic (exact) mass is 238 g/mol. The number of aryl methyl sites for hydroxylation is 1. The van der Waals surface area contributed by atoms with Crippen molar-refractivity contribution in [1.29, 1.82) is 0 Å². The minimum atomic E-state index is -0.839. The Hall–Kier alpha value is -1.97. The Morgan fingerprint density at radius 1 is 1.00 bits per heavy atom. The Kier molecular flexibility index (Phi) is 2.79. The highest BCUT2D eigenvalue weighted by Crippen LogP contribution is 2.34. The second kappa shape index (κ2) is 4.13. The number of aromatic hydroxyl groups is 1. The zero-order valence-corrected chi connectivity index (χ0v) is 8.97. The lowest BCUT2D eigenvalue weighted by molar-refractivity contribution is 0.473. The lowest BCUT2D eigenvalue weighted by Crippen LogP contribution is -1.94. The molecule has 0 aliphatic rings. The summed E-state index contributed by atoms with van der Waals surface area (Å²) in [5.41, 5.74) is -0.379. The van der Waals surface area contributed by atoms with E-state index < -0.39 is 23.0 Å². The van der Waals surface area contributed by atoms with Gasteiger partial charge < -0.3 is 5.11 Å². The molecule has 2 aromatic carbocycles. The molecule has 88 valence electrons. The number of halogens is 3. The van der Waals surface area contributed by atoms with Crippen molar-refractivity contribution in [3.63, 3.8) is 0 Å². The highest BCUT2D eigenvalue weighted by atomic mass is 19.1. The molecule has 0 aromatic heterocycles. The van der Waals surface area contributed by atoms with E-state index in [9.17, 15) is 18.3 Å². The molecule has 0 bridgehead atoms. The number of benzene rings is 2. The molecule has 0 amide bonds. The number of phenols is 1. The third-order valence-corrected chi connectivity index (χ3v) is 2.51. The van der Waals surface area contributed by atoms with E-state index in [0.717, 1.165) is 24.3 Å². The molecule has 17 heavy (non-hydrogen) atoms. The molecule has 0 saturated carbocycles. The molecule has 0 spiro atoms. The standard InChI is InChI=1S/C13H9F3O/c1-7-2-4-10(15)12(13(7)16)9-6-8(14)3-5-11(9)17/h2-6,17H,1H3. The zero-order chi connectivity index (χ0) is 12.6. The number of rotatable bonds is 1. The van der Waals surface area contributed by atoms with Gasteiger partial charge in [0.15, 0.2) is 0 Å². The summed E-state index contributed by atoms with van der Waals surface area (Å²) in [5, 5.41) is 9.53. The predicted molar refractivity (Wildman–Crippen MR) is 58.2 cm³/mol. The van der Waals surface area contributed by atoms with Crippen LogP contribution in [0.3, 0.4) is 0 Å². The Morgan fingerprint density at radius 2 is 1.71 bits per heavy atom. The van der Waals surface area contributed by atoms with E-state index in [-0.39, 0.29) is 16.9 Å². The van der Waals surface area contributed by atoms with Gasteiger partial charge >= 0.3 is 0 Å². The normalized spacial score (nSPS) is 10.6. The highest BCUT2D eigenvalue weighted by molar-refractivity contribution is 5.71. The molecule has 0 fully saturated rings. The van der Waals surface area contributed by atoms with Crippen LogP contribution in [0.4, 0.5) is 13.2 Å². The van der Waals surface area contributed by atoms with Gasteiger partial charge in [-0.2, -0.15) is 0 Å². The summed E-state index contributed by atoms with van der Waals surface area (Å²) < 4.78 is 40.4. The van der Waals surface area contributed by atoms with E-state index in [1.807, 2.05) is 0 Å². The average molecular weight is 238 g/mol. The first-order valence-corrected chi connectivity index (χ1v) is 4.94. The van der Waals surface area contributed by atoms with Gasteiger partial charge in [0.05, 0.1) is 5.56 Å². The Labute approximate surface area is 96.1 Å². The second-order valence-corrected chi connectivity index (χ2v) is 3.71. The summed E-state index contributed by atoms with van der Waals surface area (Å²) in [6.07, 6.45) is 0. The lowest BCUT2D eigenvalue weighted by Gasteiger charge is -2.09. The third kappa shape index (κ3) is 1.98. The first-order chi connectivity index (χ1) is 8.00. The van der Waals surface area contributed by atoms with E-state index >= 15 is 0 Å². The second-order valence-electron chi connectivity index (χ2n) is 3.71. The molecule has 1 nitrogen and oxygen atoms in total. The summed E-state index contributed by atoms with van der Waals surface area (Å²) in [4.78, 5) is 0. The zero-order valence-electron chi connectivity index (χ0n) is 8.97. The summed E-state index contributed by atoms with van der Waals surface area (Å²) in [6.45, 7) is 1.47. The van der Waals surface area contributed by atoms with Gasteiger partial charge in [-0.3, -0.25) is 0 Å². The van der Waals surface area contributed by atoms with Crippen LogP contribution in [0.15, 0.2) is 30.3 Å². The summed E-state index contributed by atoms with van der Waals surface area (Å²) in [5.74, 6) is -2.67. The van der Waals surface area contributed by atoms with Crippen LogP contribution in [0.25, 0.3) is 11.1 Å². The van der Waals surface area contributed by atoms with Crippen LogP contribution in [0.5, 0.6) is 5.75 Å². The molecule has 1 N–H and O–H groups in total.